The van der Waals surface area contributed by atoms with Gasteiger partial charge in [-0.25, -0.2) is 8.42 Å². The van der Waals surface area contributed by atoms with Crippen LogP contribution in [0.2, 0.25) is 5.02 Å². The van der Waals surface area contributed by atoms with Crippen LogP contribution in [0.4, 0.5) is 11.8 Å². The minimum atomic E-state index is -2.95. The van der Waals surface area contributed by atoms with Crippen LogP contribution in [0, 0.1) is 0 Å². The quantitative estimate of drug-likeness (QED) is 0.816. The average molecular weight is 382 g/mol. The lowest BCUT2D eigenvalue weighted by atomic mass is 10.1. The summed E-state index contributed by atoms with van der Waals surface area (Å²) in [4.78, 5) is 6.23. The van der Waals surface area contributed by atoms with E-state index in [-0.39, 0.29) is 17.5 Å². The molecule has 0 radical (unpaired) electrons. The van der Waals surface area contributed by atoms with Crippen LogP contribution in [-0.4, -0.2) is 54.7 Å². The number of rotatable bonds is 6. The first-order valence-corrected chi connectivity index (χ1v) is 10.2. The lowest BCUT2D eigenvalue weighted by Crippen LogP contribution is -2.34. The van der Waals surface area contributed by atoms with Gasteiger partial charge >= 0.3 is 0 Å². The Morgan fingerprint density at radius 1 is 1.32 bits per heavy atom. The molecule has 3 rings (SSSR count). The number of benzene rings is 1. The van der Waals surface area contributed by atoms with Gasteiger partial charge < -0.3 is 10.2 Å². The Labute approximate surface area is 152 Å². The van der Waals surface area contributed by atoms with Crippen molar-refractivity contribution in [1.29, 1.82) is 0 Å². The highest BCUT2D eigenvalue weighted by molar-refractivity contribution is 7.91. The summed E-state index contributed by atoms with van der Waals surface area (Å²) in [5.41, 5.74) is 1.17. The van der Waals surface area contributed by atoms with Crippen LogP contribution in [-0.2, 0) is 16.3 Å². The van der Waals surface area contributed by atoms with Gasteiger partial charge in [-0.05, 0) is 30.5 Å². The lowest BCUT2D eigenvalue weighted by Gasteiger charge is -2.22. The summed E-state index contributed by atoms with van der Waals surface area (Å²) in [5, 5.41) is 11.9. The fourth-order valence-corrected chi connectivity index (χ4v) is 4.66. The van der Waals surface area contributed by atoms with Crippen LogP contribution in [0.15, 0.2) is 30.5 Å². The Bertz CT molecular complexity index is 829. The molecule has 1 unspecified atom stereocenters. The molecule has 1 aliphatic rings. The second kappa shape index (κ2) is 7.53. The predicted octanol–water partition coefficient (Wildman–Crippen LogP) is 1.80. The van der Waals surface area contributed by atoms with Crippen molar-refractivity contribution in [3.63, 3.8) is 0 Å². The summed E-state index contributed by atoms with van der Waals surface area (Å²) in [7, 11) is -1.14. The highest BCUT2D eigenvalue weighted by Gasteiger charge is 2.31. The molecule has 2 heterocycles. The van der Waals surface area contributed by atoms with Crippen molar-refractivity contribution in [1.82, 2.24) is 15.2 Å². The third kappa shape index (κ3) is 4.79. The summed E-state index contributed by atoms with van der Waals surface area (Å²) in [5.74, 6) is 1.40. The second-order valence-corrected chi connectivity index (χ2v) is 8.78. The van der Waals surface area contributed by atoms with Gasteiger partial charge in [-0.15, -0.1) is 5.10 Å². The van der Waals surface area contributed by atoms with E-state index in [2.05, 4.69) is 20.5 Å². The van der Waals surface area contributed by atoms with Gasteiger partial charge in [-0.2, -0.15) is 10.1 Å². The summed E-state index contributed by atoms with van der Waals surface area (Å²) in [6.07, 6.45) is 2.98. The first-order valence-electron chi connectivity index (χ1n) is 8.04. The van der Waals surface area contributed by atoms with E-state index in [9.17, 15) is 8.42 Å². The average Bonchev–Trinajstić information content (AvgIpc) is 2.96. The van der Waals surface area contributed by atoms with Crippen molar-refractivity contribution >= 4 is 33.2 Å². The van der Waals surface area contributed by atoms with Gasteiger partial charge in [0.1, 0.15) is 0 Å². The summed E-state index contributed by atoms with van der Waals surface area (Å²) in [6.45, 7) is 0.696. The Morgan fingerprint density at radius 3 is 2.76 bits per heavy atom. The van der Waals surface area contributed by atoms with Gasteiger partial charge in [0.05, 0.1) is 17.7 Å². The van der Waals surface area contributed by atoms with Crippen LogP contribution in [0.25, 0.3) is 0 Å². The van der Waals surface area contributed by atoms with Crippen molar-refractivity contribution in [3.05, 3.63) is 41.0 Å². The van der Waals surface area contributed by atoms with Crippen LogP contribution >= 0.6 is 11.6 Å². The molecule has 1 aromatic carbocycles. The largest absolute Gasteiger partial charge is 0.368 e. The highest BCUT2D eigenvalue weighted by atomic mass is 35.5. The Morgan fingerprint density at radius 2 is 2.08 bits per heavy atom. The summed E-state index contributed by atoms with van der Waals surface area (Å²) in [6, 6.07) is 7.61. The zero-order chi connectivity index (χ0) is 17.9. The lowest BCUT2D eigenvalue weighted by molar-refractivity contribution is 0.600. The standard InChI is InChI=1S/C16H20ClN5O2S/c1-22(14-7-9-25(23,24)11-14)16-20-15(10-19-21-16)18-8-6-12-2-4-13(17)5-3-12/h2-5,10,14H,6-9,11H2,1H3,(H,18,20,21). The Balaban J connectivity index is 1.58. The summed E-state index contributed by atoms with van der Waals surface area (Å²) < 4.78 is 23.3. The summed E-state index contributed by atoms with van der Waals surface area (Å²) >= 11 is 5.88. The fraction of sp³-hybridized carbons (Fsp3) is 0.438. The zero-order valence-electron chi connectivity index (χ0n) is 13.9. The van der Waals surface area contributed by atoms with Gasteiger partial charge in [0.25, 0.3) is 0 Å². The Kier molecular flexibility index (Phi) is 5.39. The van der Waals surface area contributed by atoms with Crippen LogP contribution in [0.5, 0.6) is 0 Å². The molecule has 0 amide bonds. The third-order valence-electron chi connectivity index (χ3n) is 4.25. The molecule has 25 heavy (non-hydrogen) atoms. The molecular formula is C16H20ClN5O2S. The topological polar surface area (TPSA) is 88.1 Å². The fourth-order valence-electron chi connectivity index (χ4n) is 2.76. The SMILES string of the molecule is CN(c1nncc(NCCc2ccc(Cl)cc2)n1)C1CCS(=O)(=O)C1. The number of halogens is 1. The normalized spacial score (nSPS) is 18.9. The van der Waals surface area contributed by atoms with Crippen molar-refractivity contribution in [2.45, 2.75) is 18.9 Å². The molecule has 134 valence electrons. The van der Waals surface area contributed by atoms with Crippen molar-refractivity contribution in [2.75, 3.05) is 35.3 Å². The van der Waals surface area contributed by atoms with E-state index in [1.807, 2.05) is 24.3 Å². The van der Waals surface area contributed by atoms with Crippen LogP contribution in [0.3, 0.4) is 0 Å². The maximum Gasteiger partial charge on any atom is 0.247 e. The maximum atomic E-state index is 11.6. The van der Waals surface area contributed by atoms with E-state index >= 15 is 0 Å². The molecule has 0 saturated carbocycles. The monoisotopic (exact) mass is 381 g/mol. The molecule has 1 atom stereocenters. The van der Waals surface area contributed by atoms with Gasteiger partial charge in [-0.1, -0.05) is 23.7 Å². The zero-order valence-corrected chi connectivity index (χ0v) is 15.5. The molecule has 0 spiro atoms. The van der Waals surface area contributed by atoms with E-state index in [4.69, 9.17) is 11.6 Å². The van der Waals surface area contributed by atoms with Crippen LogP contribution in [0.1, 0.15) is 12.0 Å². The van der Waals surface area contributed by atoms with Gasteiger partial charge in [0, 0.05) is 24.7 Å². The maximum absolute atomic E-state index is 11.6. The minimum absolute atomic E-state index is 0.101. The smallest absolute Gasteiger partial charge is 0.247 e. The number of nitrogens with zero attached hydrogens (tertiary/aromatic N) is 4. The first kappa shape index (κ1) is 17.9. The third-order valence-corrected chi connectivity index (χ3v) is 6.25. The van der Waals surface area contributed by atoms with Gasteiger partial charge in [0.15, 0.2) is 15.7 Å². The molecule has 0 bridgehead atoms. The second-order valence-electron chi connectivity index (χ2n) is 6.11. The van der Waals surface area contributed by atoms with E-state index in [0.717, 1.165) is 11.4 Å². The number of hydrogen-bond acceptors (Lipinski definition) is 7. The van der Waals surface area contributed by atoms with Gasteiger partial charge in [0.2, 0.25) is 5.95 Å². The molecule has 1 saturated heterocycles. The van der Waals surface area contributed by atoms with E-state index < -0.39 is 9.84 Å². The molecular weight excluding hydrogens is 362 g/mol. The molecule has 9 heteroatoms. The first-order chi connectivity index (χ1) is 11.9. The van der Waals surface area contributed by atoms with Crippen molar-refractivity contribution in [3.8, 4) is 0 Å². The molecule has 7 nitrogen and oxygen atoms in total. The van der Waals surface area contributed by atoms with E-state index in [1.165, 1.54) is 5.56 Å². The molecule has 1 aromatic heterocycles. The van der Waals surface area contributed by atoms with Crippen molar-refractivity contribution in [2.24, 2.45) is 0 Å². The highest BCUT2D eigenvalue weighted by Crippen LogP contribution is 2.20. The van der Waals surface area contributed by atoms with Crippen molar-refractivity contribution < 1.29 is 8.42 Å². The number of sulfone groups is 1. The molecule has 1 N–H and O–H groups in total. The van der Waals surface area contributed by atoms with Gasteiger partial charge in [-0.3, -0.25) is 0 Å². The van der Waals surface area contributed by atoms with E-state index in [1.54, 1.807) is 18.1 Å². The minimum Gasteiger partial charge on any atom is -0.368 e. The number of aromatic nitrogens is 3. The molecule has 1 aliphatic heterocycles. The number of hydrogen-bond donors (Lipinski definition) is 1. The molecule has 2 aromatic rings. The van der Waals surface area contributed by atoms with Crippen LogP contribution < -0.4 is 10.2 Å². The Hall–Kier alpha value is -1.93. The molecule has 1 fully saturated rings. The van der Waals surface area contributed by atoms with E-state index in [0.29, 0.717) is 24.7 Å². The predicted molar refractivity (Wildman–Crippen MR) is 98.9 cm³/mol. The number of nitrogens with one attached hydrogen (secondary N) is 1. The molecule has 0 aliphatic carbocycles. The number of anilines is 2.